The summed E-state index contributed by atoms with van der Waals surface area (Å²) in [7, 11) is 1.42. The van der Waals surface area contributed by atoms with Crippen LogP contribution in [0.1, 0.15) is 34.6 Å². The number of amides is 2. The summed E-state index contributed by atoms with van der Waals surface area (Å²) in [5.74, 6) is -1.78. The Morgan fingerprint density at radius 2 is 1.80 bits per heavy atom. The molecule has 6 heteroatoms. The van der Waals surface area contributed by atoms with Gasteiger partial charge in [-0.25, -0.2) is 4.79 Å². The van der Waals surface area contributed by atoms with Gasteiger partial charge < -0.3 is 10.4 Å². The molecule has 1 aromatic carbocycles. The van der Waals surface area contributed by atoms with Crippen LogP contribution in [0.3, 0.4) is 0 Å². The van der Waals surface area contributed by atoms with Gasteiger partial charge >= 0.3 is 5.97 Å². The van der Waals surface area contributed by atoms with Crippen LogP contribution in [-0.2, 0) is 4.79 Å². The van der Waals surface area contributed by atoms with E-state index in [0.29, 0.717) is 16.8 Å². The van der Waals surface area contributed by atoms with Crippen molar-refractivity contribution < 1.29 is 19.5 Å². The second-order valence-corrected chi connectivity index (χ2v) is 5.13. The predicted molar refractivity (Wildman–Crippen MR) is 72.8 cm³/mol. The van der Waals surface area contributed by atoms with E-state index in [0.717, 1.165) is 4.90 Å². The molecule has 0 spiro atoms. The lowest BCUT2D eigenvalue weighted by Crippen LogP contribution is -2.34. The molecular formula is C14H16N2O4. The molecule has 106 valence electrons. The van der Waals surface area contributed by atoms with Gasteiger partial charge in [-0.1, -0.05) is 13.8 Å². The zero-order chi connectivity index (χ0) is 15.0. The minimum atomic E-state index is -0.958. The molecule has 0 aromatic heterocycles. The maximum Gasteiger partial charge on any atom is 0.326 e. The average Bonchev–Trinajstić information content (AvgIpc) is 2.60. The van der Waals surface area contributed by atoms with Crippen LogP contribution in [0.25, 0.3) is 0 Å². The molecule has 2 amide bonds. The Bertz CT molecular complexity index is 595. The molecule has 20 heavy (non-hydrogen) atoms. The Morgan fingerprint density at radius 1 is 1.20 bits per heavy atom. The van der Waals surface area contributed by atoms with Crippen molar-refractivity contribution in [2.45, 2.75) is 19.9 Å². The smallest absolute Gasteiger partial charge is 0.326 e. The van der Waals surface area contributed by atoms with Crippen molar-refractivity contribution in [3.63, 3.8) is 0 Å². The summed E-state index contributed by atoms with van der Waals surface area (Å²) in [5, 5.41) is 12.0. The number of fused-ring (bicyclic) bond motifs is 1. The van der Waals surface area contributed by atoms with Crippen LogP contribution in [-0.4, -0.2) is 40.9 Å². The highest BCUT2D eigenvalue weighted by atomic mass is 16.4. The lowest BCUT2D eigenvalue weighted by atomic mass is 10.0. The largest absolute Gasteiger partial charge is 0.480 e. The van der Waals surface area contributed by atoms with Crippen LogP contribution in [0.5, 0.6) is 0 Å². The highest BCUT2D eigenvalue weighted by Gasteiger charge is 2.33. The molecule has 1 aromatic rings. The number of anilines is 1. The van der Waals surface area contributed by atoms with Crippen molar-refractivity contribution in [3.05, 3.63) is 29.3 Å². The number of rotatable bonds is 4. The van der Waals surface area contributed by atoms with Crippen molar-refractivity contribution in [3.8, 4) is 0 Å². The Labute approximate surface area is 116 Å². The van der Waals surface area contributed by atoms with Gasteiger partial charge in [0, 0.05) is 12.7 Å². The lowest BCUT2D eigenvalue weighted by molar-refractivity contribution is -0.138. The molecule has 0 saturated carbocycles. The third-order valence-corrected chi connectivity index (χ3v) is 3.34. The van der Waals surface area contributed by atoms with Gasteiger partial charge in [0.25, 0.3) is 11.8 Å². The summed E-state index contributed by atoms with van der Waals surface area (Å²) in [4.78, 5) is 35.8. The van der Waals surface area contributed by atoms with E-state index in [2.05, 4.69) is 5.32 Å². The molecule has 0 aliphatic carbocycles. The molecule has 2 rings (SSSR count). The van der Waals surface area contributed by atoms with E-state index in [9.17, 15) is 14.4 Å². The highest BCUT2D eigenvalue weighted by molar-refractivity contribution is 6.21. The molecule has 1 aliphatic heterocycles. The summed E-state index contributed by atoms with van der Waals surface area (Å²) in [6.45, 7) is 3.59. The number of imide groups is 1. The van der Waals surface area contributed by atoms with Crippen LogP contribution < -0.4 is 5.32 Å². The van der Waals surface area contributed by atoms with Crippen LogP contribution in [0.4, 0.5) is 5.69 Å². The molecule has 6 nitrogen and oxygen atoms in total. The van der Waals surface area contributed by atoms with Crippen LogP contribution in [0.15, 0.2) is 18.2 Å². The van der Waals surface area contributed by atoms with Crippen molar-refractivity contribution in [2.75, 3.05) is 12.4 Å². The van der Waals surface area contributed by atoms with E-state index >= 15 is 0 Å². The van der Waals surface area contributed by atoms with Crippen molar-refractivity contribution in [1.82, 2.24) is 4.90 Å². The Hall–Kier alpha value is -2.37. The molecule has 1 atom stereocenters. The monoisotopic (exact) mass is 276 g/mol. The molecule has 1 unspecified atom stereocenters. The first-order valence-corrected chi connectivity index (χ1v) is 6.28. The van der Waals surface area contributed by atoms with Crippen molar-refractivity contribution in [1.29, 1.82) is 0 Å². The molecule has 0 saturated heterocycles. The van der Waals surface area contributed by atoms with E-state index in [4.69, 9.17) is 5.11 Å². The Balaban J connectivity index is 2.32. The van der Waals surface area contributed by atoms with Crippen LogP contribution in [0, 0.1) is 5.92 Å². The van der Waals surface area contributed by atoms with Gasteiger partial charge in [-0.05, 0) is 24.1 Å². The van der Waals surface area contributed by atoms with Crippen molar-refractivity contribution in [2.24, 2.45) is 5.92 Å². The maximum atomic E-state index is 11.9. The number of carbonyl (C=O) groups excluding carboxylic acids is 2. The first-order valence-electron chi connectivity index (χ1n) is 6.28. The van der Waals surface area contributed by atoms with Crippen LogP contribution >= 0.6 is 0 Å². The van der Waals surface area contributed by atoms with E-state index < -0.39 is 12.0 Å². The average molecular weight is 276 g/mol. The normalized spacial score (nSPS) is 15.5. The summed E-state index contributed by atoms with van der Waals surface area (Å²) in [5.41, 5.74) is 1.16. The first-order chi connectivity index (χ1) is 9.32. The fraction of sp³-hybridized carbons (Fsp3) is 0.357. The number of aliphatic carboxylic acids is 1. The second kappa shape index (κ2) is 4.96. The predicted octanol–water partition coefficient (Wildman–Crippen LogP) is 1.43. The standard InChI is InChI=1S/C14H16N2O4/c1-7(2)11(14(19)20)15-8-4-5-9-10(6-8)13(18)16(3)12(9)17/h4-7,11,15H,1-3H3,(H,19,20). The highest BCUT2D eigenvalue weighted by Crippen LogP contribution is 2.25. The second-order valence-electron chi connectivity index (χ2n) is 5.13. The molecule has 1 aliphatic rings. The van der Waals surface area contributed by atoms with E-state index in [1.807, 2.05) is 0 Å². The number of carboxylic acids is 1. The number of nitrogens with one attached hydrogen (secondary N) is 1. The molecule has 1 heterocycles. The van der Waals surface area contributed by atoms with Crippen molar-refractivity contribution >= 4 is 23.5 Å². The molecule has 0 bridgehead atoms. The van der Waals surface area contributed by atoms with E-state index in [-0.39, 0.29) is 17.7 Å². The number of carboxylic acid groups (broad SMARTS) is 1. The first kappa shape index (κ1) is 14.0. The Kier molecular flexibility index (Phi) is 3.48. The zero-order valence-electron chi connectivity index (χ0n) is 11.5. The molecule has 0 fully saturated rings. The summed E-state index contributed by atoms with van der Waals surface area (Å²) in [6.07, 6.45) is 0. The summed E-state index contributed by atoms with van der Waals surface area (Å²) >= 11 is 0. The van der Waals surface area contributed by atoms with E-state index in [1.165, 1.54) is 13.1 Å². The lowest BCUT2D eigenvalue weighted by Gasteiger charge is -2.19. The van der Waals surface area contributed by atoms with Gasteiger partial charge in [-0.3, -0.25) is 14.5 Å². The maximum absolute atomic E-state index is 11.9. The molecule has 0 radical (unpaired) electrons. The molecular weight excluding hydrogens is 260 g/mol. The van der Waals surface area contributed by atoms with Gasteiger partial charge in [-0.15, -0.1) is 0 Å². The SMILES string of the molecule is CC(C)C(Nc1ccc2c(c1)C(=O)N(C)C2=O)C(=O)O. The van der Waals surface area contributed by atoms with Crippen LogP contribution in [0.2, 0.25) is 0 Å². The van der Waals surface area contributed by atoms with Gasteiger partial charge in [-0.2, -0.15) is 0 Å². The number of hydrogen-bond acceptors (Lipinski definition) is 4. The fourth-order valence-corrected chi connectivity index (χ4v) is 2.14. The molecule has 2 N–H and O–H groups in total. The van der Waals surface area contributed by atoms with Gasteiger partial charge in [0.05, 0.1) is 11.1 Å². The van der Waals surface area contributed by atoms with Gasteiger partial charge in [0.15, 0.2) is 0 Å². The number of nitrogens with zero attached hydrogens (tertiary/aromatic N) is 1. The Morgan fingerprint density at radius 3 is 2.35 bits per heavy atom. The van der Waals surface area contributed by atoms with Gasteiger partial charge in [0.1, 0.15) is 6.04 Å². The topological polar surface area (TPSA) is 86.7 Å². The van der Waals surface area contributed by atoms with Gasteiger partial charge in [0.2, 0.25) is 0 Å². The quantitative estimate of drug-likeness (QED) is 0.812. The third kappa shape index (κ3) is 2.24. The van der Waals surface area contributed by atoms with E-state index in [1.54, 1.807) is 26.0 Å². The summed E-state index contributed by atoms with van der Waals surface area (Å²) in [6, 6.07) is 3.93. The minimum Gasteiger partial charge on any atom is -0.480 e. The minimum absolute atomic E-state index is 0.110. The number of carbonyl (C=O) groups is 3. The number of hydrogen-bond donors (Lipinski definition) is 2. The zero-order valence-corrected chi connectivity index (χ0v) is 11.5. The fourth-order valence-electron chi connectivity index (χ4n) is 2.14. The number of benzene rings is 1. The summed E-state index contributed by atoms with van der Waals surface area (Å²) < 4.78 is 0. The third-order valence-electron chi connectivity index (χ3n) is 3.34.